The maximum atomic E-state index is 5.49. The summed E-state index contributed by atoms with van der Waals surface area (Å²) < 4.78 is 10.7. The van der Waals surface area contributed by atoms with Gasteiger partial charge in [0.15, 0.2) is 0 Å². The third-order valence-corrected chi connectivity index (χ3v) is 2.22. The van der Waals surface area contributed by atoms with Crippen molar-refractivity contribution in [3.05, 3.63) is 29.3 Å². The number of benzene rings is 1. The molecular formula is C12H19NO2. The Balaban J connectivity index is 2.45. The van der Waals surface area contributed by atoms with E-state index in [-0.39, 0.29) is 0 Å². The van der Waals surface area contributed by atoms with E-state index in [1.807, 2.05) is 26.1 Å². The minimum atomic E-state index is 0.659. The van der Waals surface area contributed by atoms with Crippen LogP contribution in [0.2, 0.25) is 0 Å². The molecule has 0 spiro atoms. The molecule has 0 bridgehead atoms. The Kier molecular flexibility index (Phi) is 5.15. The van der Waals surface area contributed by atoms with Crippen LogP contribution in [0.4, 0.5) is 0 Å². The molecule has 84 valence electrons. The van der Waals surface area contributed by atoms with Gasteiger partial charge in [-0.1, -0.05) is 12.1 Å². The first-order valence-corrected chi connectivity index (χ1v) is 5.13. The van der Waals surface area contributed by atoms with Crippen molar-refractivity contribution in [2.24, 2.45) is 0 Å². The van der Waals surface area contributed by atoms with Crippen molar-refractivity contribution in [2.75, 3.05) is 27.3 Å². The summed E-state index contributed by atoms with van der Waals surface area (Å²) in [5.74, 6) is 0.925. The molecule has 0 saturated carbocycles. The highest BCUT2D eigenvalue weighted by Gasteiger charge is 1.99. The predicted molar refractivity (Wildman–Crippen MR) is 61.3 cm³/mol. The van der Waals surface area contributed by atoms with Crippen molar-refractivity contribution in [1.29, 1.82) is 0 Å². The number of ether oxygens (including phenoxy) is 2. The number of nitrogens with one attached hydrogen (secondary N) is 1. The van der Waals surface area contributed by atoms with Crippen molar-refractivity contribution >= 4 is 0 Å². The fraction of sp³-hybridized carbons (Fsp3) is 0.500. The first-order chi connectivity index (χ1) is 7.27. The molecule has 0 atom stereocenters. The SMILES string of the molecule is CNCCOCc1ccc(OC)c(C)c1. The molecule has 1 rings (SSSR count). The lowest BCUT2D eigenvalue weighted by atomic mass is 10.1. The Morgan fingerprint density at radius 3 is 2.73 bits per heavy atom. The van der Waals surface area contributed by atoms with Gasteiger partial charge in [0.1, 0.15) is 5.75 Å². The largest absolute Gasteiger partial charge is 0.496 e. The Labute approximate surface area is 91.4 Å². The second-order valence-electron chi connectivity index (χ2n) is 3.46. The molecule has 15 heavy (non-hydrogen) atoms. The summed E-state index contributed by atoms with van der Waals surface area (Å²) in [6, 6.07) is 6.11. The lowest BCUT2D eigenvalue weighted by Crippen LogP contribution is -2.14. The highest BCUT2D eigenvalue weighted by molar-refractivity contribution is 5.35. The molecule has 0 aliphatic carbocycles. The number of aryl methyl sites for hydroxylation is 1. The van der Waals surface area contributed by atoms with Crippen molar-refractivity contribution in [1.82, 2.24) is 5.32 Å². The van der Waals surface area contributed by atoms with Gasteiger partial charge in [-0.2, -0.15) is 0 Å². The summed E-state index contributed by atoms with van der Waals surface area (Å²) in [4.78, 5) is 0. The minimum absolute atomic E-state index is 0.659. The van der Waals surface area contributed by atoms with Crippen LogP contribution in [-0.2, 0) is 11.3 Å². The zero-order chi connectivity index (χ0) is 11.1. The minimum Gasteiger partial charge on any atom is -0.496 e. The molecule has 0 aliphatic rings. The highest BCUT2D eigenvalue weighted by Crippen LogP contribution is 2.18. The fourth-order valence-electron chi connectivity index (χ4n) is 1.39. The van der Waals surface area contributed by atoms with Gasteiger partial charge >= 0.3 is 0 Å². The lowest BCUT2D eigenvalue weighted by Gasteiger charge is -2.08. The summed E-state index contributed by atoms with van der Waals surface area (Å²) >= 11 is 0. The molecular weight excluding hydrogens is 190 g/mol. The molecule has 0 unspecified atom stereocenters. The van der Waals surface area contributed by atoms with E-state index in [2.05, 4.69) is 11.4 Å². The molecule has 3 heteroatoms. The van der Waals surface area contributed by atoms with Gasteiger partial charge < -0.3 is 14.8 Å². The fourth-order valence-corrected chi connectivity index (χ4v) is 1.39. The van der Waals surface area contributed by atoms with Crippen LogP contribution in [0, 0.1) is 6.92 Å². The van der Waals surface area contributed by atoms with E-state index in [1.165, 1.54) is 5.56 Å². The van der Waals surface area contributed by atoms with Gasteiger partial charge in [-0.05, 0) is 31.2 Å². The van der Waals surface area contributed by atoms with Crippen LogP contribution >= 0.6 is 0 Å². The van der Waals surface area contributed by atoms with E-state index in [0.29, 0.717) is 6.61 Å². The normalized spacial score (nSPS) is 10.3. The van der Waals surface area contributed by atoms with Crippen LogP contribution in [0.3, 0.4) is 0 Å². The zero-order valence-electron chi connectivity index (χ0n) is 9.67. The molecule has 1 N–H and O–H groups in total. The predicted octanol–water partition coefficient (Wildman–Crippen LogP) is 1.74. The van der Waals surface area contributed by atoms with Gasteiger partial charge in [0, 0.05) is 6.54 Å². The highest BCUT2D eigenvalue weighted by atomic mass is 16.5. The summed E-state index contributed by atoms with van der Waals surface area (Å²) in [5, 5.41) is 3.04. The van der Waals surface area contributed by atoms with Crippen LogP contribution in [0.25, 0.3) is 0 Å². The summed E-state index contributed by atoms with van der Waals surface area (Å²) in [5.41, 5.74) is 2.33. The van der Waals surface area contributed by atoms with Crippen molar-refractivity contribution in [2.45, 2.75) is 13.5 Å². The number of rotatable bonds is 6. The quantitative estimate of drug-likeness (QED) is 0.724. The third-order valence-electron chi connectivity index (χ3n) is 2.22. The second kappa shape index (κ2) is 6.43. The average molecular weight is 209 g/mol. The van der Waals surface area contributed by atoms with Crippen LogP contribution in [0.15, 0.2) is 18.2 Å². The van der Waals surface area contributed by atoms with Crippen molar-refractivity contribution in [3.8, 4) is 5.75 Å². The monoisotopic (exact) mass is 209 g/mol. The number of likely N-dealkylation sites (N-methyl/N-ethyl adjacent to an activating group) is 1. The molecule has 0 radical (unpaired) electrons. The molecule has 3 nitrogen and oxygen atoms in total. The molecule has 1 aromatic carbocycles. The van der Waals surface area contributed by atoms with E-state index in [4.69, 9.17) is 9.47 Å². The summed E-state index contributed by atoms with van der Waals surface area (Å²) in [6.45, 7) is 4.32. The van der Waals surface area contributed by atoms with Gasteiger partial charge in [0.05, 0.1) is 20.3 Å². The Morgan fingerprint density at radius 1 is 1.33 bits per heavy atom. The maximum Gasteiger partial charge on any atom is 0.121 e. The summed E-state index contributed by atoms with van der Waals surface area (Å²) in [6.07, 6.45) is 0. The van der Waals surface area contributed by atoms with E-state index in [1.54, 1.807) is 7.11 Å². The van der Waals surface area contributed by atoms with Crippen molar-refractivity contribution in [3.63, 3.8) is 0 Å². The third kappa shape index (κ3) is 3.90. The van der Waals surface area contributed by atoms with E-state index in [9.17, 15) is 0 Å². The zero-order valence-corrected chi connectivity index (χ0v) is 9.67. The number of hydrogen-bond donors (Lipinski definition) is 1. The molecule has 0 aliphatic heterocycles. The maximum absolute atomic E-state index is 5.49. The molecule has 0 fully saturated rings. The van der Waals surface area contributed by atoms with Crippen molar-refractivity contribution < 1.29 is 9.47 Å². The Hall–Kier alpha value is -1.06. The Morgan fingerprint density at radius 2 is 2.13 bits per heavy atom. The van der Waals surface area contributed by atoms with E-state index in [0.717, 1.165) is 24.5 Å². The topological polar surface area (TPSA) is 30.5 Å². The molecule has 0 saturated heterocycles. The van der Waals surface area contributed by atoms with E-state index < -0.39 is 0 Å². The molecule has 1 aromatic rings. The van der Waals surface area contributed by atoms with Crippen LogP contribution in [0.1, 0.15) is 11.1 Å². The molecule has 0 heterocycles. The van der Waals surface area contributed by atoms with Gasteiger partial charge in [-0.3, -0.25) is 0 Å². The van der Waals surface area contributed by atoms with E-state index >= 15 is 0 Å². The smallest absolute Gasteiger partial charge is 0.121 e. The van der Waals surface area contributed by atoms with Crippen LogP contribution in [0.5, 0.6) is 5.75 Å². The van der Waals surface area contributed by atoms with Gasteiger partial charge in [0.25, 0.3) is 0 Å². The number of methoxy groups -OCH3 is 1. The standard InChI is InChI=1S/C12H19NO2/c1-10-8-11(4-5-12(10)14-3)9-15-7-6-13-2/h4-5,8,13H,6-7,9H2,1-3H3. The van der Waals surface area contributed by atoms with Gasteiger partial charge in [-0.15, -0.1) is 0 Å². The van der Waals surface area contributed by atoms with Gasteiger partial charge in [-0.25, -0.2) is 0 Å². The van der Waals surface area contributed by atoms with Crippen LogP contribution in [-0.4, -0.2) is 27.3 Å². The lowest BCUT2D eigenvalue weighted by molar-refractivity contribution is 0.124. The average Bonchev–Trinajstić information content (AvgIpc) is 2.25. The molecule has 0 amide bonds. The summed E-state index contributed by atoms with van der Waals surface area (Å²) in [7, 11) is 3.60. The second-order valence-corrected chi connectivity index (χ2v) is 3.46. The Bertz CT molecular complexity index is 300. The van der Waals surface area contributed by atoms with Crippen LogP contribution < -0.4 is 10.1 Å². The van der Waals surface area contributed by atoms with Gasteiger partial charge in [0.2, 0.25) is 0 Å². The number of hydrogen-bond acceptors (Lipinski definition) is 3. The first-order valence-electron chi connectivity index (χ1n) is 5.13. The molecule has 0 aromatic heterocycles. The first kappa shape index (κ1) is 12.0.